The molecule has 2 aromatic heterocycles. The quantitative estimate of drug-likeness (QED) is 0.572. The maximum absolute atomic E-state index is 12.5. The van der Waals surface area contributed by atoms with Gasteiger partial charge in [0.15, 0.2) is 6.61 Å². The van der Waals surface area contributed by atoms with Gasteiger partial charge in [0.25, 0.3) is 5.91 Å². The Balaban J connectivity index is 1.28. The summed E-state index contributed by atoms with van der Waals surface area (Å²) in [6.45, 7) is 4.63. The van der Waals surface area contributed by atoms with Crippen LogP contribution in [0.25, 0.3) is 11.4 Å². The maximum Gasteiger partial charge on any atom is 0.260 e. The highest BCUT2D eigenvalue weighted by molar-refractivity contribution is 5.78. The molecule has 1 fully saturated rings. The molecule has 0 saturated carbocycles. The van der Waals surface area contributed by atoms with Gasteiger partial charge in [-0.25, -0.2) is 4.98 Å². The van der Waals surface area contributed by atoms with Crippen molar-refractivity contribution in [3.8, 4) is 22.9 Å². The first kappa shape index (κ1) is 20.6. The second-order valence-corrected chi connectivity index (χ2v) is 7.11. The van der Waals surface area contributed by atoms with E-state index in [0.29, 0.717) is 55.8 Å². The standard InChI is InChI=1S/C22H25N5O4/c1-3-20-24-22(25-31-20)16-7-8-19(23-14-16)26-9-11-27(12-10-26)21(28)15-30-18-6-4-5-17(13-18)29-2/h4-8,13-14H,3,9-12,15H2,1-2H3. The molecule has 1 aliphatic rings. The second-order valence-electron chi connectivity index (χ2n) is 7.11. The Hall–Kier alpha value is -3.62. The third-order valence-electron chi connectivity index (χ3n) is 5.14. The highest BCUT2D eigenvalue weighted by atomic mass is 16.5. The predicted molar refractivity (Wildman–Crippen MR) is 114 cm³/mol. The number of aryl methyl sites for hydroxylation is 1. The Morgan fingerprint density at radius 2 is 1.94 bits per heavy atom. The average molecular weight is 423 g/mol. The van der Waals surface area contributed by atoms with Gasteiger partial charge in [-0.3, -0.25) is 4.79 Å². The number of carbonyl (C=O) groups excluding carboxylic acids is 1. The number of amides is 1. The van der Waals surface area contributed by atoms with Crippen molar-refractivity contribution in [1.82, 2.24) is 20.0 Å². The molecule has 1 aromatic carbocycles. The van der Waals surface area contributed by atoms with Gasteiger partial charge in [0, 0.05) is 50.4 Å². The predicted octanol–water partition coefficient (Wildman–Crippen LogP) is 2.43. The Labute approximate surface area is 180 Å². The molecule has 0 aliphatic carbocycles. The van der Waals surface area contributed by atoms with Gasteiger partial charge >= 0.3 is 0 Å². The van der Waals surface area contributed by atoms with E-state index in [9.17, 15) is 4.79 Å². The first-order valence-electron chi connectivity index (χ1n) is 10.2. The monoisotopic (exact) mass is 423 g/mol. The number of aromatic nitrogens is 3. The maximum atomic E-state index is 12.5. The number of methoxy groups -OCH3 is 1. The van der Waals surface area contributed by atoms with Gasteiger partial charge in [0.05, 0.1) is 7.11 Å². The van der Waals surface area contributed by atoms with Crippen molar-refractivity contribution in [2.75, 3.05) is 44.8 Å². The van der Waals surface area contributed by atoms with E-state index in [1.807, 2.05) is 36.1 Å². The fraction of sp³-hybridized carbons (Fsp3) is 0.364. The van der Waals surface area contributed by atoms with Crippen LogP contribution in [0.3, 0.4) is 0 Å². The van der Waals surface area contributed by atoms with Crippen LogP contribution >= 0.6 is 0 Å². The van der Waals surface area contributed by atoms with E-state index in [1.165, 1.54) is 0 Å². The first-order valence-corrected chi connectivity index (χ1v) is 10.2. The number of anilines is 1. The molecule has 0 spiro atoms. The summed E-state index contributed by atoms with van der Waals surface area (Å²) < 4.78 is 16.0. The lowest BCUT2D eigenvalue weighted by atomic mass is 10.2. The molecular weight excluding hydrogens is 398 g/mol. The van der Waals surface area contributed by atoms with Crippen molar-refractivity contribution in [3.63, 3.8) is 0 Å². The van der Waals surface area contributed by atoms with E-state index < -0.39 is 0 Å². The van der Waals surface area contributed by atoms with Gasteiger partial charge in [-0.1, -0.05) is 18.1 Å². The molecule has 3 aromatic rings. The van der Waals surface area contributed by atoms with E-state index in [1.54, 1.807) is 25.4 Å². The highest BCUT2D eigenvalue weighted by Crippen LogP contribution is 2.21. The lowest BCUT2D eigenvalue weighted by Gasteiger charge is -2.35. The number of carbonyl (C=O) groups is 1. The fourth-order valence-electron chi connectivity index (χ4n) is 3.33. The molecule has 1 aliphatic heterocycles. The van der Waals surface area contributed by atoms with Crippen molar-refractivity contribution in [3.05, 3.63) is 48.5 Å². The van der Waals surface area contributed by atoms with E-state index >= 15 is 0 Å². The Morgan fingerprint density at radius 3 is 2.61 bits per heavy atom. The lowest BCUT2D eigenvalue weighted by molar-refractivity contribution is -0.133. The zero-order valence-corrected chi connectivity index (χ0v) is 17.7. The number of hydrogen-bond donors (Lipinski definition) is 0. The minimum atomic E-state index is -0.0328. The van der Waals surface area contributed by atoms with Crippen LogP contribution in [0.5, 0.6) is 11.5 Å². The van der Waals surface area contributed by atoms with Crippen LogP contribution in [0, 0.1) is 0 Å². The van der Waals surface area contributed by atoms with E-state index in [0.717, 1.165) is 11.4 Å². The van der Waals surface area contributed by atoms with Gasteiger partial charge in [-0.2, -0.15) is 4.98 Å². The third kappa shape index (κ3) is 4.93. The van der Waals surface area contributed by atoms with Crippen molar-refractivity contribution in [2.45, 2.75) is 13.3 Å². The molecule has 9 heteroatoms. The number of benzene rings is 1. The molecule has 0 N–H and O–H groups in total. The van der Waals surface area contributed by atoms with E-state index in [2.05, 4.69) is 20.0 Å². The SMILES string of the molecule is CCc1nc(-c2ccc(N3CCN(C(=O)COc4cccc(OC)c4)CC3)nc2)no1. The Bertz CT molecular complexity index is 1010. The number of ether oxygens (including phenoxy) is 2. The van der Waals surface area contributed by atoms with Crippen LogP contribution < -0.4 is 14.4 Å². The molecular formula is C22H25N5O4. The third-order valence-corrected chi connectivity index (χ3v) is 5.14. The van der Waals surface area contributed by atoms with Crippen molar-refractivity contribution in [2.24, 2.45) is 0 Å². The number of piperazine rings is 1. The molecule has 0 atom stereocenters. The van der Waals surface area contributed by atoms with Crippen LogP contribution in [0.1, 0.15) is 12.8 Å². The summed E-state index contributed by atoms with van der Waals surface area (Å²) in [5.41, 5.74) is 0.815. The molecule has 31 heavy (non-hydrogen) atoms. The fourth-order valence-corrected chi connectivity index (χ4v) is 3.33. The van der Waals surface area contributed by atoms with Gasteiger partial charge < -0.3 is 23.8 Å². The van der Waals surface area contributed by atoms with Gasteiger partial charge in [0.2, 0.25) is 11.7 Å². The van der Waals surface area contributed by atoms with Crippen LogP contribution in [-0.4, -0.2) is 65.8 Å². The molecule has 0 radical (unpaired) electrons. The van der Waals surface area contributed by atoms with Crippen LogP contribution in [-0.2, 0) is 11.2 Å². The topological polar surface area (TPSA) is 93.8 Å². The summed E-state index contributed by atoms with van der Waals surface area (Å²) in [6.07, 6.45) is 2.45. The number of rotatable bonds is 7. The zero-order valence-electron chi connectivity index (χ0n) is 17.7. The smallest absolute Gasteiger partial charge is 0.260 e. The summed E-state index contributed by atoms with van der Waals surface area (Å²) in [7, 11) is 1.60. The van der Waals surface area contributed by atoms with Crippen molar-refractivity contribution >= 4 is 11.7 Å². The van der Waals surface area contributed by atoms with Crippen molar-refractivity contribution in [1.29, 1.82) is 0 Å². The van der Waals surface area contributed by atoms with Crippen LogP contribution in [0.4, 0.5) is 5.82 Å². The summed E-state index contributed by atoms with van der Waals surface area (Å²) >= 11 is 0. The van der Waals surface area contributed by atoms with Crippen LogP contribution in [0.15, 0.2) is 47.1 Å². The second kappa shape index (κ2) is 9.46. The van der Waals surface area contributed by atoms with E-state index in [4.69, 9.17) is 14.0 Å². The number of pyridine rings is 1. The molecule has 0 bridgehead atoms. The summed E-state index contributed by atoms with van der Waals surface area (Å²) in [5.74, 6) is 3.29. The highest BCUT2D eigenvalue weighted by Gasteiger charge is 2.22. The average Bonchev–Trinajstić information content (AvgIpc) is 3.32. The summed E-state index contributed by atoms with van der Waals surface area (Å²) in [6, 6.07) is 11.1. The Kier molecular flexibility index (Phi) is 6.30. The molecule has 1 amide bonds. The summed E-state index contributed by atoms with van der Waals surface area (Å²) in [4.78, 5) is 25.3. The number of hydrogen-bond acceptors (Lipinski definition) is 8. The van der Waals surface area contributed by atoms with Gasteiger partial charge in [0.1, 0.15) is 17.3 Å². The molecule has 162 valence electrons. The first-order chi connectivity index (χ1) is 15.2. The minimum Gasteiger partial charge on any atom is -0.497 e. The van der Waals surface area contributed by atoms with Gasteiger partial charge in [-0.05, 0) is 24.3 Å². The largest absolute Gasteiger partial charge is 0.497 e. The zero-order chi connectivity index (χ0) is 21.6. The van der Waals surface area contributed by atoms with Crippen LogP contribution in [0.2, 0.25) is 0 Å². The van der Waals surface area contributed by atoms with Gasteiger partial charge in [-0.15, -0.1) is 0 Å². The minimum absolute atomic E-state index is 0.00453. The number of nitrogens with zero attached hydrogens (tertiary/aromatic N) is 5. The summed E-state index contributed by atoms with van der Waals surface area (Å²) in [5, 5.41) is 3.98. The molecule has 0 unspecified atom stereocenters. The lowest BCUT2D eigenvalue weighted by Crippen LogP contribution is -2.50. The molecule has 1 saturated heterocycles. The van der Waals surface area contributed by atoms with E-state index in [-0.39, 0.29) is 12.5 Å². The molecule has 9 nitrogen and oxygen atoms in total. The Morgan fingerprint density at radius 1 is 1.13 bits per heavy atom. The molecule has 3 heterocycles. The normalized spacial score (nSPS) is 13.9. The van der Waals surface area contributed by atoms with Crippen molar-refractivity contribution < 1.29 is 18.8 Å². The molecule has 4 rings (SSSR count).